The van der Waals surface area contributed by atoms with Crippen LogP contribution in [0.25, 0.3) is 0 Å². The molecule has 1 aromatic carbocycles. The molecule has 1 fully saturated rings. The number of benzene rings is 1. The smallest absolute Gasteiger partial charge is 0.251 e. The van der Waals surface area contributed by atoms with E-state index in [2.05, 4.69) is 22.5 Å². The van der Waals surface area contributed by atoms with Crippen molar-refractivity contribution in [3.8, 4) is 0 Å². The summed E-state index contributed by atoms with van der Waals surface area (Å²) in [7, 11) is 1.87. The zero-order chi connectivity index (χ0) is 14.4. The largest absolute Gasteiger partial charge is 0.388 e. The Bertz CT molecular complexity index is 424. The van der Waals surface area contributed by atoms with Crippen LogP contribution < -0.4 is 10.6 Å². The fourth-order valence-electron chi connectivity index (χ4n) is 2.63. The molecule has 0 saturated carbocycles. The van der Waals surface area contributed by atoms with Crippen molar-refractivity contribution in [2.24, 2.45) is 5.92 Å². The normalized spacial score (nSPS) is 16.9. The first-order chi connectivity index (χ1) is 9.69. The van der Waals surface area contributed by atoms with Crippen molar-refractivity contribution in [1.82, 2.24) is 10.2 Å². The lowest BCUT2D eigenvalue weighted by atomic mass is 10.1. The van der Waals surface area contributed by atoms with Gasteiger partial charge in [-0.1, -0.05) is 6.92 Å². The molecule has 2 N–H and O–H groups in total. The molecule has 1 aliphatic rings. The van der Waals surface area contributed by atoms with Gasteiger partial charge in [0.05, 0.1) is 0 Å². The first-order valence-corrected chi connectivity index (χ1v) is 7.47. The van der Waals surface area contributed by atoms with E-state index in [0.29, 0.717) is 5.92 Å². The summed E-state index contributed by atoms with van der Waals surface area (Å²) in [5.74, 6) is 0.509. The number of carbonyl (C=O) groups is 1. The molecule has 0 aromatic heterocycles. The molecular formula is C16H25N3O. The highest BCUT2D eigenvalue weighted by atomic mass is 16.1. The molecular weight excluding hydrogens is 250 g/mol. The Morgan fingerprint density at radius 3 is 2.50 bits per heavy atom. The monoisotopic (exact) mass is 275 g/mol. The van der Waals surface area contributed by atoms with Crippen molar-refractivity contribution in [2.75, 3.05) is 38.5 Å². The van der Waals surface area contributed by atoms with Crippen LogP contribution in [0.5, 0.6) is 0 Å². The first kappa shape index (κ1) is 14.9. The highest BCUT2D eigenvalue weighted by Crippen LogP contribution is 2.11. The Hall–Kier alpha value is -1.55. The van der Waals surface area contributed by atoms with Crippen molar-refractivity contribution in [3.05, 3.63) is 29.8 Å². The molecule has 1 amide bonds. The number of hydrogen-bond acceptors (Lipinski definition) is 3. The average Bonchev–Trinajstić information content (AvgIpc) is 2.97. The van der Waals surface area contributed by atoms with Crippen molar-refractivity contribution < 1.29 is 4.79 Å². The predicted octanol–water partition coefficient (Wildman–Crippen LogP) is 2.19. The van der Waals surface area contributed by atoms with E-state index in [0.717, 1.165) is 24.3 Å². The number of amides is 1. The number of nitrogens with one attached hydrogen (secondary N) is 2. The lowest BCUT2D eigenvalue weighted by molar-refractivity contribution is 0.0945. The van der Waals surface area contributed by atoms with E-state index in [4.69, 9.17) is 0 Å². The van der Waals surface area contributed by atoms with Gasteiger partial charge in [-0.3, -0.25) is 4.79 Å². The van der Waals surface area contributed by atoms with Crippen LogP contribution in [0.2, 0.25) is 0 Å². The van der Waals surface area contributed by atoms with E-state index >= 15 is 0 Å². The molecule has 0 radical (unpaired) electrons. The molecule has 20 heavy (non-hydrogen) atoms. The number of rotatable bonds is 6. The second-order valence-corrected chi connectivity index (χ2v) is 5.65. The molecule has 1 aromatic rings. The summed E-state index contributed by atoms with van der Waals surface area (Å²) in [5.41, 5.74) is 1.74. The molecule has 1 saturated heterocycles. The van der Waals surface area contributed by atoms with Gasteiger partial charge in [0.15, 0.2) is 0 Å². The maximum absolute atomic E-state index is 12.0. The standard InChI is InChI=1S/C16H25N3O/c1-13(12-19-9-3-4-10-19)11-18-16(20)14-5-7-15(17-2)8-6-14/h5-8,13,17H,3-4,9-12H2,1-2H3,(H,18,20). The second-order valence-electron chi connectivity index (χ2n) is 5.65. The molecule has 1 aliphatic heterocycles. The van der Waals surface area contributed by atoms with Gasteiger partial charge < -0.3 is 15.5 Å². The van der Waals surface area contributed by atoms with Crippen molar-refractivity contribution in [2.45, 2.75) is 19.8 Å². The Kier molecular flexibility index (Phi) is 5.41. The summed E-state index contributed by atoms with van der Waals surface area (Å²) in [6, 6.07) is 7.55. The molecule has 1 atom stereocenters. The predicted molar refractivity (Wildman–Crippen MR) is 83.2 cm³/mol. The van der Waals surface area contributed by atoms with E-state index in [1.807, 2.05) is 31.3 Å². The van der Waals surface area contributed by atoms with Crippen LogP contribution in [0.3, 0.4) is 0 Å². The molecule has 4 heteroatoms. The molecule has 2 rings (SSSR count). The van der Waals surface area contributed by atoms with Crippen LogP contribution in [-0.2, 0) is 0 Å². The molecule has 1 unspecified atom stereocenters. The Balaban J connectivity index is 1.75. The average molecular weight is 275 g/mol. The van der Waals surface area contributed by atoms with E-state index in [1.165, 1.54) is 25.9 Å². The zero-order valence-electron chi connectivity index (χ0n) is 12.5. The van der Waals surface area contributed by atoms with Gasteiger partial charge in [-0.05, 0) is 56.1 Å². The summed E-state index contributed by atoms with van der Waals surface area (Å²) in [5, 5.41) is 6.07. The van der Waals surface area contributed by atoms with E-state index < -0.39 is 0 Å². The SMILES string of the molecule is CNc1ccc(C(=O)NCC(C)CN2CCCC2)cc1. The topological polar surface area (TPSA) is 44.4 Å². The number of nitrogens with zero attached hydrogens (tertiary/aromatic N) is 1. The van der Waals surface area contributed by atoms with Gasteiger partial charge in [-0.2, -0.15) is 0 Å². The third kappa shape index (κ3) is 4.23. The van der Waals surface area contributed by atoms with Crippen LogP contribution in [0, 0.1) is 5.92 Å². The minimum Gasteiger partial charge on any atom is -0.388 e. The van der Waals surface area contributed by atoms with Crippen LogP contribution in [0.1, 0.15) is 30.1 Å². The summed E-state index contributed by atoms with van der Waals surface area (Å²) in [6.45, 7) is 6.44. The minimum absolute atomic E-state index is 0.0147. The Morgan fingerprint density at radius 2 is 1.90 bits per heavy atom. The van der Waals surface area contributed by atoms with Gasteiger partial charge in [0, 0.05) is 31.4 Å². The zero-order valence-corrected chi connectivity index (χ0v) is 12.5. The third-order valence-corrected chi connectivity index (χ3v) is 3.82. The maximum Gasteiger partial charge on any atom is 0.251 e. The highest BCUT2D eigenvalue weighted by molar-refractivity contribution is 5.94. The van der Waals surface area contributed by atoms with E-state index in [-0.39, 0.29) is 5.91 Å². The van der Waals surface area contributed by atoms with Crippen molar-refractivity contribution >= 4 is 11.6 Å². The molecule has 0 bridgehead atoms. The van der Waals surface area contributed by atoms with Gasteiger partial charge in [0.25, 0.3) is 5.91 Å². The Morgan fingerprint density at radius 1 is 1.25 bits per heavy atom. The van der Waals surface area contributed by atoms with Gasteiger partial charge in [0.2, 0.25) is 0 Å². The third-order valence-electron chi connectivity index (χ3n) is 3.82. The summed E-state index contributed by atoms with van der Waals surface area (Å²) in [4.78, 5) is 14.5. The fraction of sp³-hybridized carbons (Fsp3) is 0.562. The molecule has 1 heterocycles. The van der Waals surface area contributed by atoms with E-state index in [1.54, 1.807) is 0 Å². The van der Waals surface area contributed by atoms with Crippen LogP contribution >= 0.6 is 0 Å². The molecule has 4 nitrogen and oxygen atoms in total. The van der Waals surface area contributed by atoms with Gasteiger partial charge in [-0.15, -0.1) is 0 Å². The number of hydrogen-bond donors (Lipinski definition) is 2. The summed E-state index contributed by atoms with van der Waals surface area (Å²) >= 11 is 0. The van der Waals surface area contributed by atoms with Crippen molar-refractivity contribution in [1.29, 1.82) is 0 Å². The lowest BCUT2D eigenvalue weighted by Crippen LogP contribution is -2.34. The van der Waals surface area contributed by atoms with Crippen LogP contribution in [0.15, 0.2) is 24.3 Å². The summed E-state index contributed by atoms with van der Waals surface area (Å²) < 4.78 is 0. The number of likely N-dealkylation sites (tertiary alicyclic amines) is 1. The molecule has 0 aliphatic carbocycles. The number of carbonyl (C=O) groups excluding carboxylic acids is 1. The Labute approximate surface area is 121 Å². The maximum atomic E-state index is 12.0. The van der Waals surface area contributed by atoms with Crippen LogP contribution in [-0.4, -0.2) is 44.0 Å². The van der Waals surface area contributed by atoms with Gasteiger partial charge in [-0.25, -0.2) is 0 Å². The van der Waals surface area contributed by atoms with Crippen molar-refractivity contribution in [3.63, 3.8) is 0 Å². The lowest BCUT2D eigenvalue weighted by Gasteiger charge is -2.20. The van der Waals surface area contributed by atoms with Gasteiger partial charge in [0.1, 0.15) is 0 Å². The summed E-state index contributed by atoms with van der Waals surface area (Å²) in [6.07, 6.45) is 2.63. The number of anilines is 1. The first-order valence-electron chi connectivity index (χ1n) is 7.47. The molecule has 0 spiro atoms. The quantitative estimate of drug-likeness (QED) is 0.836. The van der Waals surface area contributed by atoms with Gasteiger partial charge >= 0.3 is 0 Å². The highest BCUT2D eigenvalue weighted by Gasteiger charge is 2.15. The second kappa shape index (κ2) is 7.29. The minimum atomic E-state index is 0.0147. The van der Waals surface area contributed by atoms with Crippen LogP contribution in [0.4, 0.5) is 5.69 Å². The van der Waals surface area contributed by atoms with E-state index in [9.17, 15) is 4.79 Å². The fourth-order valence-corrected chi connectivity index (χ4v) is 2.63. The molecule has 110 valence electrons.